The molecule has 0 saturated carbocycles. The number of para-hydroxylation sites is 1. The van der Waals surface area contributed by atoms with Crippen LogP contribution in [-0.2, 0) is 16.1 Å². The predicted molar refractivity (Wildman–Crippen MR) is 115 cm³/mol. The number of aromatic carboxylic acids is 1. The molecule has 150 valence electrons. The highest BCUT2D eigenvalue weighted by molar-refractivity contribution is 9.10. The van der Waals surface area contributed by atoms with Gasteiger partial charge < -0.3 is 19.7 Å². The Balaban J connectivity index is 1.85. The van der Waals surface area contributed by atoms with Crippen LogP contribution in [0.4, 0.5) is 11.4 Å². The summed E-state index contributed by atoms with van der Waals surface area (Å²) in [7, 11) is 0. The highest BCUT2D eigenvalue weighted by atomic mass is 79.9. The monoisotopic (exact) mass is 475 g/mol. The van der Waals surface area contributed by atoms with E-state index in [2.05, 4.69) is 26.2 Å². The molecule has 1 aromatic heterocycles. The molecule has 1 aliphatic rings. The molecule has 9 heteroatoms. The van der Waals surface area contributed by atoms with Crippen LogP contribution in [0, 0.1) is 0 Å². The number of hydrogen-bond donors (Lipinski definition) is 2. The van der Waals surface area contributed by atoms with Crippen molar-refractivity contribution in [1.82, 2.24) is 9.29 Å². The molecule has 0 spiro atoms. The lowest BCUT2D eigenvalue weighted by atomic mass is 10.1. The molecule has 29 heavy (non-hydrogen) atoms. The minimum atomic E-state index is -1.47. The van der Waals surface area contributed by atoms with Gasteiger partial charge in [-0.25, -0.2) is 4.79 Å². The molecule has 7 nitrogen and oxygen atoms in total. The maximum Gasteiger partial charge on any atom is 0.337 e. The third-order valence-electron chi connectivity index (χ3n) is 4.61. The summed E-state index contributed by atoms with van der Waals surface area (Å²) in [4.78, 5) is 16.6. The zero-order valence-electron chi connectivity index (χ0n) is 15.3. The van der Waals surface area contributed by atoms with E-state index in [4.69, 9.17) is 4.74 Å². The van der Waals surface area contributed by atoms with Crippen LogP contribution in [-0.4, -0.2) is 51.2 Å². The van der Waals surface area contributed by atoms with Gasteiger partial charge in [0.1, 0.15) is 5.69 Å². The lowest BCUT2D eigenvalue weighted by molar-refractivity contribution is 0.0698. The topological polar surface area (TPSA) is 97.8 Å². The second kappa shape index (κ2) is 8.68. The molecule has 0 bridgehead atoms. The van der Waals surface area contributed by atoms with E-state index in [0.717, 1.165) is 9.86 Å². The molecule has 2 N–H and O–H groups in total. The van der Waals surface area contributed by atoms with Gasteiger partial charge in [-0.1, -0.05) is 28.1 Å². The quantitative estimate of drug-likeness (QED) is 0.541. The molecule has 1 aliphatic heterocycles. The molecule has 1 fully saturated rings. The van der Waals surface area contributed by atoms with Crippen LogP contribution >= 0.6 is 15.9 Å². The lowest BCUT2D eigenvalue weighted by Gasteiger charge is -2.28. The van der Waals surface area contributed by atoms with Gasteiger partial charge in [0, 0.05) is 9.86 Å². The van der Waals surface area contributed by atoms with E-state index < -0.39 is 17.3 Å². The third-order valence-corrected chi connectivity index (χ3v) is 6.62. The third kappa shape index (κ3) is 4.24. The first-order chi connectivity index (χ1) is 14.0. The number of morpholine rings is 1. The Morgan fingerprint density at radius 2 is 2.00 bits per heavy atom. The summed E-state index contributed by atoms with van der Waals surface area (Å²) >= 11 is 2.01. The number of halogens is 1. The number of anilines is 2. The van der Waals surface area contributed by atoms with E-state index in [9.17, 15) is 14.5 Å². The standard InChI is InChI=1S/C20H18BrN3O4S/c21-13-5-6-16-15(11-13)19(23-17-4-2-1-3-14(17)20(25)26)18(12-22-16)29(27)24-7-9-28-10-8-24/h1-6,11-12H,7-10H2,(H,22,23)(H,25,26). The summed E-state index contributed by atoms with van der Waals surface area (Å²) in [6.45, 7) is 2.13. The average Bonchev–Trinajstić information content (AvgIpc) is 2.74. The number of benzene rings is 2. The summed E-state index contributed by atoms with van der Waals surface area (Å²) in [6.07, 6.45) is 1.59. The normalized spacial score (nSPS) is 15.9. The number of carboxylic acid groups (broad SMARTS) is 1. The Bertz CT molecular complexity index is 1060. The fraction of sp³-hybridized carbons (Fsp3) is 0.200. The minimum Gasteiger partial charge on any atom is -0.593 e. The molecular formula is C20H18BrN3O4S. The van der Waals surface area contributed by atoms with E-state index in [0.29, 0.717) is 48.1 Å². The van der Waals surface area contributed by atoms with Gasteiger partial charge >= 0.3 is 5.97 Å². The SMILES string of the molecule is O=C(O)c1ccccc1Nc1c([S+]([O-])N2CCOCC2)cnc2ccc(Br)cc12. The van der Waals surface area contributed by atoms with Crippen LogP contribution in [0.2, 0.25) is 0 Å². The van der Waals surface area contributed by atoms with Crippen LogP contribution in [0.25, 0.3) is 10.9 Å². The number of nitrogens with zero attached hydrogens (tertiary/aromatic N) is 2. The second-order valence-electron chi connectivity index (χ2n) is 6.43. The molecule has 3 aromatic rings. The van der Waals surface area contributed by atoms with Crippen LogP contribution < -0.4 is 5.32 Å². The van der Waals surface area contributed by atoms with Crippen molar-refractivity contribution in [3.63, 3.8) is 0 Å². The Hall–Kier alpha value is -2.17. The minimum absolute atomic E-state index is 0.135. The largest absolute Gasteiger partial charge is 0.593 e. The summed E-state index contributed by atoms with van der Waals surface area (Å²) in [6, 6.07) is 12.3. The van der Waals surface area contributed by atoms with Crippen LogP contribution in [0.3, 0.4) is 0 Å². The number of aromatic nitrogens is 1. The maximum atomic E-state index is 13.3. The number of hydrogen-bond acceptors (Lipinski definition) is 6. The van der Waals surface area contributed by atoms with Gasteiger partial charge in [-0.05, 0) is 30.3 Å². The summed E-state index contributed by atoms with van der Waals surface area (Å²) in [5.74, 6) is -1.04. The van der Waals surface area contributed by atoms with E-state index >= 15 is 0 Å². The fourth-order valence-corrected chi connectivity index (χ4v) is 4.77. The lowest BCUT2D eigenvalue weighted by Crippen LogP contribution is -2.40. The molecule has 2 heterocycles. The van der Waals surface area contributed by atoms with Crippen molar-refractivity contribution in [2.75, 3.05) is 31.6 Å². The fourth-order valence-electron chi connectivity index (χ4n) is 3.17. The van der Waals surface area contributed by atoms with Crippen molar-refractivity contribution in [2.45, 2.75) is 4.90 Å². The first-order valence-electron chi connectivity index (χ1n) is 8.97. The number of carboxylic acids is 1. The Morgan fingerprint density at radius 3 is 2.76 bits per heavy atom. The maximum absolute atomic E-state index is 13.3. The van der Waals surface area contributed by atoms with Crippen molar-refractivity contribution in [1.29, 1.82) is 0 Å². The van der Waals surface area contributed by atoms with Crippen LogP contribution in [0.5, 0.6) is 0 Å². The van der Waals surface area contributed by atoms with E-state index in [1.807, 2.05) is 22.5 Å². The number of carbonyl (C=O) groups is 1. The van der Waals surface area contributed by atoms with Gasteiger partial charge in [-0.3, -0.25) is 4.98 Å². The van der Waals surface area contributed by atoms with Gasteiger partial charge in [-0.2, -0.15) is 0 Å². The van der Waals surface area contributed by atoms with Crippen molar-refractivity contribution in [3.8, 4) is 0 Å². The predicted octanol–water partition coefficient (Wildman–Crippen LogP) is 3.79. The van der Waals surface area contributed by atoms with Crippen molar-refractivity contribution in [2.24, 2.45) is 0 Å². The molecule has 1 saturated heterocycles. The number of pyridine rings is 1. The molecule has 0 radical (unpaired) electrons. The highest BCUT2D eigenvalue weighted by Crippen LogP contribution is 2.35. The van der Waals surface area contributed by atoms with Crippen LogP contribution in [0.1, 0.15) is 10.4 Å². The first kappa shape index (κ1) is 20.1. The smallest absolute Gasteiger partial charge is 0.337 e. The molecule has 1 unspecified atom stereocenters. The average molecular weight is 476 g/mol. The number of nitrogens with one attached hydrogen (secondary N) is 1. The molecule has 1 atom stereocenters. The highest BCUT2D eigenvalue weighted by Gasteiger charge is 2.29. The number of rotatable bonds is 5. The molecule has 4 rings (SSSR count). The van der Waals surface area contributed by atoms with Gasteiger partial charge in [0.2, 0.25) is 4.90 Å². The number of ether oxygens (including phenoxy) is 1. The Morgan fingerprint density at radius 1 is 1.24 bits per heavy atom. The molecule has 0 amide bonds. The number of fused-ring (bicyclic) bond motifs is 1. The second-order valence-corrected chi connectivity index (χ2v) is 8.80. The zero-order valence-corrected chi connectivity index (χ0v) is 17.7. The van der Waals surface area contributed by atoms with Crippen molar-refractivity contribution < 1.29 is 19.2 Å². The Kier molecular flexibility index (Phi) is 6.02. The van der Waals surface area contributed by atoms with E-state index in [1.54, 1.807) is 24.4 Å². The first-order valence-corrected chi connectivity index (χ1v) is 10.9. The summed E-state index contributed by atoms with van der Waals surface area (Å²) in [5, 5.41) is 13.5. The molecular weight excluding hydrogens is 458 g/mol. The molecule has 0 aliphatic carbocycles. The Labute approximate surface area is 179 Å². The molecule has 2 aromatic carbocycles. The van der Waals surface area contributed by atoms with Crippen molar-refractivity contribution >= 4 is 55.5 Å². The van der Waals surface area contributed by atoms with Crippen molar-refractivity contribution in [3.05, 3.63) is 58.7 Å². The van der Waals surface area contributed by atoms with E-state index in [-0.39, 0.29) is 5.56 Å². The van der Waals surface area contributed by atoms with Gasteiger partial charge in [0.25, 0.3) is 0 Å². The summed E-state index contributed by atoms with van der Waals surface area (Å²) in [5.41, 5.74) is 1.85. The van der Waals surface area contributed by atoms with E-state index in [1.165, 1.54) is 6.07 Å². The summed E-state index contributed by atoms with van der Waals surface area (Å²) < 4.78 is 21.4. The van der Waals surface area contributed by atoms with Crippen LogP contribution in [0.15, 0.2) is 58.0 Å². The van der Waals surface area contributed by atoms with Gasteiger partial charge in [0.15, 0.2) is 0 Å². The zero-order chi connectivity index (χ0) is 20.4. The van der Waals surface area contributed by atoms with Gasteiger partial charge in [-0.15, -0.1) is 4.31 Å². The van der Waals surface area contributed by atoms with Gasteiger partial charge in [0.05, 0.1) is 60.6 Å².